The minimum absolute atomic E-state index is 0.00803. The lowest BCUT2D eigenvalue weighted by Gasteiger charge is -2.51. The highest BCUT2D eigenvalue weighted by Gasteiger charge is 2.70. The molecule has 8 rings (SSSR count). The first-order chi connectivity index (χ1) is 24.6. The third kappa shape index (κ3) is 4.87. The molecule has 6 unspecified atom stereocenters. The minimum atomic E-state index is -1.43. The molecule has 1 saturated carbocycles. The van der Waals surface area contributed by atoms with Gasteiger partial charge in [0.1, 0.15) is 5.75 Å². The molecule has 2 heterocycles. The number of aryl methyl sites for hydroxylation is 1. The SMILES string of the molecule is Cc1ccc(NN2C(=O)C3CC4C(=CCC5C(=O)N(CCCC(=O)O)C(=O)C54)C(c4ccc(O)c5ccccc45)C3(c3ccccc3)C2=O)cc1. The summed E-state index contributed by atoms with van der Waals surface area (Å²) in [5, 5.41) is 22.6. The van der Waals surface area contributed by atoms with Crippen LogP contribution in [0, 0.1) is 30.6 Å². The summed E-state index contributed by atoms with van der Waals surface area (Å²) in [5.74, 6) is -6.05. The van der Waals surface area contributed by atoms with Crippen LogP contribution >= 0.6 is 0 Å². The Labute approximate surface area is 294 Å². The summed E-state index contributed by atoms with van der Waals surface area (Å²) >= 11 is 0. The lowest BCUT2D eigenvalue weighted by Crippen LogP contribution is -2.53. The van der Waals surface area contributed by atoms with Gasteiger partial charge in [-0.05, 0) is 66.8 Å². The number of carboxylic acids is 1. The van der Waals surface area contributed by atoms with Gasteiger partial charge < -0.3 is 10.2 Å². The van der Waals surface area contributed by atoms with E-state index < -0.39 is 52.8 Å². The van der Waals surface area contributed by atoms with Crippen molar-refractivity contribution in [3.05, 3.63) is 119 Å². The second-order valence-corrected chi connectivity index (χ2v) is 14.1. The first-order valence-corrected chi connectivity index (χ1v) is 17.4. The number of carboxylic acid groups (broad SMARTS) is 1. The number of aliphatic carboxylic acids is 1. The number of rotatable bonds is 8. The summed E-state index contributed by atoms with van der Waals surface area (Å²) in [4.78, 5) is 70.6. The Morgan fingerprint density at radius 3 is 2.27 bits per heavy atom. The van der Waals surface area contributed by atoms with Gasteiger partial charge in [0.2, 0.25) is 11.8 Å². The summed E-state index contributed by atoms with van der Waals surface area (Å²) in [5.41, 5.74) is 5.49. The summed E-state index contributed by atoms with van der Waals surface area (Å²) in [7, 11) is 0. The molecular formula is C41H37N3O7. The number of nitrogens with one attached hydrogen (secondary N) is 1. The number of phenolic OH excluding ortho intramolecular Hbond substituents is 1. The molecule has 4 aliphatic rings. The van der Waals surface area contributed by atoms with Crippen molar-refractivity contribution in [2.24, 2.45) is 23.7 Å². The average Bonchev–Trinajstić information content (AvgIpc) is 3.50. The molecule has 258 valence electrons. The molecule has 2 aliphatic carbocycles. The van der Waals surface area contributed by atoms with Gasteiger partial charge in [-0.3, -0.25) is 34.3 Å². The minimum Gasteiger partial charge on any atom is -0.507 e. The van der Waals surface area contributed by atoms with E-state index in [4.69, 9.17) is 0 Å². The molecule has 0 radical (unpaired) electrons. The Morgan fingerprint density at radius 2 is 1.55 bits per heavy atom. The van der Waals surface area contributed by atoms with Crippen LogP contribution in [0.5, 0.6) is 5.75 Å². The molecule has 3 N–H and O–H groups in total. The van der Waals surface area contributed by atoms with Gasteiger partial charge in [0, 0.05) is 24.3 Å². The van der Waals surface area contributed by atoms with E-state index in [1.807, 2.05) is 97.9 Å². The number of likely N-dealkylation sites (tertiary alicyclic amines) is 1. The van der Waals surface area contributed by atoms with E-state index in [1.165, 1.54) is 4.90 Å². The van der Waals surface area contributed by atoms with Crippen LogP contribution < -0.4 is 5.43 Å². The number of aromatic hydroxyl groups is 1. The zero-order valence-electron chi connectivity index (χ0n) is 28.0. The molecule has 3 fully saturated rings. The Morgan fingerprint density at radius 1 is 0.843 bits per heavy atom. The first-order valence-electron chi connectivity index (χ1n) is 17.4. The number of amides is 4. The van der Waals surface area contributed by atoms with Crippen molar-refractivity contribution in [3.63, 3.8) is 0 Å². The number of phenols is 1. The highest BCUT2D eigenvalue weighted by Crippen LogP contribution is 2.64. The van der Waals surface area contributed by atoms with Crippen LogP contribution in [0.3, 0.4) is 0 Å². The van der Waals surface area contributed by atoms with Crippen LogP contribution in [0.1, 0.15) is 48.3 Å². The number of hydrazine groups is 1. The van der Waals surface area contributed by atoms with Gasteiger partial charge in [-0.2, -0.15) is 5.01 Å². The number of hydrogen-bond acceptors (Lipinski definition) is 7. The van der Waals surface area contributed by atoms with Crippen molar-refractivity contribution in [1.82, 2.24) is 9.91 Å². The van der Waals surface area contributed by atoms with Crippen LogP contribution in [0.2, 0.25) is 0 Å². The van der Waals surface area contributed by atoms with Crippen molar-refractivity contribution in [3.8, 4) is 5.75 Å². The van der Waals surface area contributed by atoms with Gasteiger partial charge in [-0.1, -0.05) is 90.0 Å². The molecule has 2 aliphatic heterocycles. The fourth-order valence-electron chi connectivity index (χ4n) is 9.32. The number of allylic oxidation sites excluding steroid dienone is 2. The summed E-state index contributed by atoms with van der Waals surface area (Å²) in [6.45, 7) is 1.96. The molecule has 10 nitrogen and oxygen atoms in total. The van der Waals surface area contributed by atoms with Crippen LogP contribution in [0.25, 0.3) is 10.8 Å². The number of carbonyl (C=O) groups is 5. The fourth-order valence-corrected chi connectivity index (χ4v) is 9.32. The third-order valence-electron chi connectivity index (χ3n) is 11.5. The molecule has 2 saturated heterocycles. The Bertz CT molecular complexity index is 2150. The van der Waals surface area contributed by atoms with Gasteiger partial charge in [0.15, 0.2) is 0 Å². The maximum absolute atomic E-state index is 15.4. The maximum Gasteiger partial charge on any atom is 0.303 e. The van der Waals surface area contributed by atoms with Gasteiger partial charge in [-0.15, -0.1) is 0 Å². The van der Waals surface area contributed by atoms with Gasteiger partial charge in [-0.25, -0.2) is 0 Å². The number of nitrogens with zero attached hydrogens (tertiary/aromatic N) is 2. The van der Waals surface area contributed by atoms with Crippen LogP contribution in [0.4, 0.5) is 5.69 Å². The zero-order valence-corrected chi connectivity index (χ0v) is 28.0. The Balaban J connectivity index is 1.33. The number of fused-ring (bicyclic) bond motifs is 5. The predicted octanol–water partition coefficient (Wildman–Crippen LogP) is 5.70. The van der Waals surface area contributed by atoms with E-state index in [-0.39, 0.29) is 49.8 Å². The number of benzene rings is 4. The van der Waals surface area contributed by atoms with E-state index in [2.05, 4.69) is 5.43 Å². The molecule has 0 bridgehead atoms. The highest BCUT2D eigenvalue weighted by molar-refractivity contribution is 6.13. The quantitative estimate of drug-likeness (QED) is 0.159. The maximum atomic E-state index is 15.4. The molecule has 0 spiro atoms. The van der Waals surface area contributed by atoms with Crippen molar-refractivity contribution in [1.29, 1.82) is 0 Å². The van der Waals surface area contributed by atoms with Gasteiger partial charge >= 0.3 is 5.97 Å². The smallest absolute Gasteiger partial charge is 0.303 e. The van der Waals surface area contributed by atoms with E-state index >= 15 is 4.79 Å². The number of anilines is 1. The second-order valence-electron chi connectivity index (χ2n) is 14.1. The van der Waals surface area contributed by atoms with Crippen molar-refractivity contribution < 1.29 is 34.2 Å². The van der Waals surface area contributed by atoms with E-state index in [9.17, 15) is 29.4 Å². The summed E-state index contributed by atoms with van der Waals surface area (Å²) < 4.78 is 0. The predicted molar refractivity (Wildman–Crippen MR) is 188 cm³/mol. The van der Waals surface area contributed by atoms with Crippen molar-refractivity contribution in [2.45, 2.75) is 43.9 Å². The topological polar surface area (TPSA) is 144 Å². The molecule has 4 aromatic rings. The fraction of sp³-hybridized carbons (Fsp3) is 0.293. The molecular weight excluding hydrogens is 646 g/mol. The van der Waals surface area contributed by atoms with Crippen molar-refractivity contribution in [2.75, 3.05) is 12.0 Å². The number of carbonyl (C=O) groups excluding carboxylic acids is 4. The normalized spacial score (nSPS) is 26.9. The number of imide groups is 2. The lowest BCUT2D eigenvalue weighted by molar-refractivity contribution is -0.142. The van der Waals surface area contributed by atoms with Gasteiger partial charge in [0.05, 0.1) is 28.9 Å². The lowest BCUT2D eigenvalue weighted by atomic mass is 9.49. The molecule has 4 aromatic carbocycles. The van der Waals surface area contributed by atoms with E-state index in [1.54, 1.807) is 6.07 Å². The van der Waals surface area contributed by atoms with Crippen LogP contribution in [-0.4, -0.2) is 56.3 Å². The summed E-state index contributed by atoms with van der Waals surface area (Å²) in [6.07, 6.45) is 2.40. The Kier molecular flexibility index (Phi) is 7.77. The average molecular weight is 684 g/mol. The largest absolute Gasteiger partial charge is 0.507 e. The van der Waals surface area contributed by atoms with Gasteiger partial charge in [0.25, 0.3) is 11.8 Å². The standard InChI is InChI=1S/C41H37N3O7/c1-23-13-15-25(16-14-23)42-44-38(49)32-22-31-29(17-18-30-35(31)39(50)43(37(30)48)21-7-12-34(46)47)36(41(32,40(44)51)24-8-3-2-4-9-24)28-19-20-33(45)27-11-6-5-10-26(27)28/h2-6,8-11,13-17,19-20,30-32,35-36,42,45H,7,12,18,21-22H2,1H3,(H,46,47). The monoisotopic (exact) mass is 683 g/mol. The second kappa shape index (κ2) is 12.2. The van der Waals surface area contributed by atoms with Crippen LogP contribution in [0.15, 0.2) is 103 Å². The molecule has 4 amide bonds. The molecule has 51 heavy (non-hydrogen) atoms. The zero-order chi connectivity index (χ0) is 35.6. The highest BCUT2D eigenvalue weighted by atomic mass is 16.4. The number of hydrogen-bond donors (Lipinski definition) is 3. The summed E-state index contributed by atoms with van der Waals surface area (Å²) in [6, 6.07) is 27.6. The Hall–Kier alpha value is -5.77. The first kappa shape index (κ1) is 32.4. The molecule has 0 aromatic heterocycles. The third-order valence-corrected chi connectivity index (χ3v) is 11.5. The van der Waals surface area contributed by atoms with Crippen LogP contribution in [-0.2, 0) is 29.4 Å². The molecule has 10 heteroatoms. The van der Waals surface area contributed by atoms with Crippen molar-refractivity contribution >= 4 is 46.1 Å². The van der Waals surface area contributed by atoms with E-state index in [0.717, 1.165) is 27.1 Å². The van der Waals surface area contributed by atoms with E-state index in [0.29, 0.717) is 16.6 Å². The molecule has 6 atom stereocenters.